The standard InChI is InChI=1S/C15H20Cl2N2O2/c1-8(2)18-15(20)9(3)19-13-4-5-21-14-11(13)6-10(16)7-12(14)17/h6-9,13,19H,4-5H2,1-3H3,(H,18,20). The van der Waals surface area contributed by atoms with Gasteiger partial charge in [-0.15, -0.1) is 0 Å². The Hall–Kier alpha value is -0.970. The predicted octanol–water partition coefficient (Wildman–Crippen LogP) is 3.32. The lowest BCUT2D eigenvalue weighted by atomic mass is 9.99. The van der Waals surface area contributed by atoms with Crippen LogP contribution in [0.25, 0.3) is 0 Å². The molecule has 0 radical (unpaired) electrons. The molecule has 2 atom stereocenters. The molecule has 1 aromatic rings. The first kappa shape index (κ1) is 16.4. The van der Waals surface area contributed by atoms with Crippen LogP contribution < -0.4 is 15.4 Å². The first-order chi connectivity index (χ1) is 9.88. The van der Waals surface area contributed by atoms with Crippen molar-refractivity contribution in [2.75, 3.05) is 6.61 Å². The fourth-order valence-corrected chi connectivity index (χ4v) is 2.95. The molecule has 21 heavy (non-hydrogen) atoms. The van der Waals surface area contributed by atoms with Gasteiger partial charge in [-0.2, -0.15) is 0 Å². The summed E-state index contributed by atoms with van der Waals surface area (Å²) in [6, 6.07) is 3.32. The lowest BCUT2D eigenvalue weighted by Crippen LogP contribution is -2.46. The van der Waals surface area contributed by atoms with Gasteiger partial charge in [-0.1, -0.05) is 23.2 Å². The fourth-order valence-electron chi connectivity index (χ4n) is 2.39. The van der Waals surface area contributed by atoms with Crippen LogP contribution in [-0.2, 0) is 4.79 Å². The zero-order chi connectivity index (χ0) is 15.6. The molecule has 1 aliphatic rings. The van der Waals surface area contributed by atoms with E-state index in [1.54, 1.807) is 6.07 Å². The van der Waals surface area contributed by atoms with E-state index in [1.807, 2.05) is 26.8 Å². The Bertz CT molecular complexity index is 535. The SMILES string of the molecule is CC(C)NC(=O)C(C)NC1CCOc2c(Cl)cc(Cl)cc21. The average Bonchev–Trinajstić information content (AvgIpc) is 2.38. The van der Waals surface area contributed by atoms with Crippen LogP contribution in [0.5, 0.6) is 5.75 Å². The third-order valence-electron chi connectivity index (χ3n) is 3.34. The smallest absolute Gasteiger partial charge is 0.237 e. The monoisotopic (exact) mass is 330 g/mol. The number of hydrogen-bond acceptors (Lipinski definition) is 3. The Balaban J connectivity index is 2.15. The van der Waals surface area contributed by atoms with Gasteiger partial charge in [0.25, 0.3) is 0 Å². The number of carbonyl (C=O) groups excluding carboxylic acids is 1. The van der Waals surface area contributed by atoms with Crippen molar-refractivity contribution in [3.63, 3.8) is 0 Å². The molecule has 1 amide bonds. The second-order valence-corrected chi connectivity index (χ2v) is 6.39. The highest BCUT2D eigenvalue weighted by Crippen LogP contribution is 2.40. The third kappa shape index (κ3) is 4.02. The minimum Gasteiger partial charge on any atom is -0.492 e. The normalized spacial score (nSPS) is 18.9. The van der Waals surface area contributed by atoms with Crippen LogP contribution in [0.2, 0.25) is 10.0 Å². The quantitative estimate of drug-likeness (QED) is 0.890. The molecule has 0 spiro atoms. The first-order valence-electron chi connectivity index (χ1n) is 7.06. The highest BCUT2D eigenvalue weighted by Gasteiger charge is 2.27. The van der Waals surface area contributed by atoms with Crippen LogP contribution in [0.3, 0.4) is 0 Å². The Labute approximate surface area is 135 Å². The van der Waals surface area contributed by atoms with Gasteiger partial charge in [-0.3, -0.25) is 10.1 Å². The summed E-state index contributed by atoms with van der Waals surface area (Å²) in [6.07, 6.45) is 0.767. The van der Waals surface area contributed by atoms with E-state index in [4.69, 9.17) is 27.9 Å². The van der Waals surface area contributed by atoms with Crippen molar-refractivity contribution in [1.82, 2.24) is 10.6 Å². The van der Waals surface area contributed by atoms with Crippen molar-refractivity contribution in [3.05, 3.63) is 27.7 Å². The summed E-state index contributed by atoms with van der Waals surface area (Å²) in [5.41, 5.74) is 0.906. The lowest BCUT2D eigenvalue weighted by Gasteiger charge is -2.30. The summed E-state index contributed by atoms with van der Waals surface area (Å²) in [6.45, 7) is 6.28. The third-order valence-corrected chi connectivity index (χ3v) is 3.84. The number of carbonyl (C=O) groups is 1. The fraction of sp³-hybridized carbons (Fsp3) is 0.533. The van der Waals surface area contributed by atoms with E-state index in [1.165, 1.54) is 0 Å². The van der Waals surface area contributed by atoms with Crippen molar-refractivity contribution in [3.8, 4) is 5.75 Å². The van der Waals surface area contributed by atoms with E-state index >= 15 is 0 Å². The van der Waals surface area contributed by atoms with E-state index in [0.29, 0.717) is 22.4 Å². The Morgan fingerprint density at radius 2 is 2.05 bits per heavy atom. The predicted molar refractivity (Wildman–Crippen MR) is 85.2 cm³/mol. The summed E-state index contributed by atoms with van der Waals surface area (Å²) in [5.74, 6) is 0.632. The highest BCUT2D eigenvalue weighted by atomic mass is 35.5. The highest BCUT2D eigenvalue weighted by molar-refractivity contribution is 6.35. The maximum atomic E-state index is 12.0. The second-order valence-electron chi connectivity index (χ2n) is 5.55. The minimum absolute atomic E-state index is 0.00198. The zero-order valence-corrected chi connectivity index (χ0v) is 13.9. The van der Waals surface area contributed by atoms with Crippen LogP contribution in [-0.4, -0.2) is 24.6 Å². The molecule has 1 aromatic carbocycles. The van der Waals surface area contributed by atoms with E-state index in [9.17, 15) is 4.79 Å². The Morgan fingerprint density at radius 1 is 1.33 bits per heavy atom. The van der Waals surface area contributed by atoms with Crippen molar-refractivity contribution in [1.29, 1.82) is 0 Å². The number of nitrogens with one attached hydrogen (secondary N) is 2. The van der Waals surface area contributed by atoms with Crippen molar-refractivity contribution < 1.29 is 9.53 Å². The van der Waals surface area contributed by atoms with Crippen LogP contribution in [0.4, 0.5) is 0 Å². The molecule has 0 aromatic heterocycles. The molecule has 4 nitrogen and oxygen atoms in total. The first-order valence-corrected chi connectivity index (χ1v) is 7.82. The summed E-state index contributed by atoms with van der Waals surface area (Å²) in [7, 11) is 0. The van der Waals surface area contributed by atoms with Gasteiger partial charge < -0.3 is 10.1 Å². The lowest BCUT2D eigenvalue weighted by molar-refractivity contribution is -0.123. The van der Waals surface area contributed by atoms with Gasteiger partial charge in [0.05, 0.1) is 17.7 Å². The molecular weight excluding hydrogens is 311 g/mol. The molecule has 0 fully saturated rings. The van der Waals surface area contributed by atoms with Crippen LogP contribution in [0, 0.1) is 0 Å². The van der Waals surface area contributed by atoms with E-state index in [0.717, 1.165) is 12.0 Å². The average molecular weight is 331 g/mol. The molecule has 0 saturated heterocycles. The molecule has 1 heterocycles. The van der Waals surface area contributed by atoms with E-state index < -0.39 is 0 Å². The van der Waals surface area contributed by atoms with Gasteiger partial charge in [-0.25, -0.2) is 0 Å². The van der Waals surface area contributed by atoms with Gasteiger partial charge in [0, 0.05) is 29.1 Å². The van der Waals surface area contributed by atoms with Crippen LogP contribution in [0.15, 0.2) is 12.1 Å². The van der Waals surface area contributed by atoms with E-state index in [-0.39, 0.29) is 24.0 Å². The largest absolute Gasteiger partial charge is 0.492 e. The number of benzene rings is 1. The Morgan fingerprint density at radius 3 is 2.71 bits per heavy atom. The van der Waals surface area contributed by atoms with E-state index in [2.05, 4.69) is 10.6 Å². The van der Waals surface area contributed by atoms with Gasteiger partial charge in [0.15, 0.2) is 0 Å². The van der Waals surface area contributed by atoms with Crippen molar-refractivity contribution in [2.24, 2.45) is 0 Å². The maximum absolute atomic E-state index is 12.0. The molecule has 2 unspecified atom stereocenters. The summed E-state index contributed by atoms with van der Waals surface area (Å²) < 4.78 is 5.61. The molecule has 1 aliphatic heterocycles. The minimum atomic E-state index is -0.305. The molecule has 0 aliphatic carbocycles. The van der Waals surface area contributed by atoms with Gasteiger partial charge >= 0.3 is 0 Å². The molecule has 2 N–H and O–H groups in total. The van der Waals surface area contributed by atoms with Crippen molar-refractivity contribution in [2.45, 2.75) is 45.3 Å². The molecule has 2 rings (SSSR count). The Kier molecular flexibility index (Phi) is 5.36. The van der Waals surface area contributed by atoms with Gasteiger partial charge in [-0.05, 0) is 32.9 Å². The second kappa shape index (κ2) is 6.86. The number of amides is 1. The van der Waals surface area contributed by atoms with Gasteiger partial charge in [0.2, 0.25) is 5.91 Å². The summed E-state index contributed by atoms with van der Waals surface area (Å²) in [4.78, 5) is 12.0. The topological polar surface area (TPSA) is 50.4 Å². The maximum Gasteiger partial charge on any atom is 0.237 e. The van der Waals surface area contributed by atoms with Crippen LogP contribution in [0.1, 0.15) is 38.8 Å². The number of rotatable bonds is 4. The molecule has 6 heteroatoms. The molecule has 116 valence electrons. The number of ether oxygens (including phenoxy) is 1. The number of halogens is 2. The molecule has 0 saturated carbocycles. The molecule has 0 bridgehead atoms. The van der Waals surface area contributed by atoms with Crippen molar-refractivity contribution >= 4 is 29.1 Å². The number of fused-ring (bicyclic) bond motifs is 1. The van der Waals surface area contributed by atoms with Gasteiger partial charge in [0.1, 0.15) is 5.75 Å². The number of hydrogen-bond donors (Lipinski definition) is 2. The molecular formula is C15H20Cl2N2O2. The summed E-state index contributed by atoms with van der Waals surface area (Å²) in [5, 5.41) is 7.29. The summed E-state index contributed by atoms with van der Waals surface area (Å²) >= 11 is 12.2. The van der Waals surface area contributed by atoms with Crippen LogP contribution >= 0.6 is 23.2 Å². The zero-order valence-electron chi connectivity index (χ0n) is 12.4.